The third kappa shape index (κ3) is 3.46. The molecule has 0 aromatic rings. The van der Waals surface area contributed by atoms with Gasteiger partial charge >= 0.3 is 0 Å². The molecule has 2 rings (SSSR count). The second-order valence-electron chi connectivity index (χ2n) is 5.58. The molecule has 15 heavy (non-hydrogen) atoms. The van der Waals surface area contributed by atoms with Gasteiger partial charge in [-0.25, -0.2) is 0 Å². The summed E-state index contributed by atoms with van der Waals surface area (Å²) in [7, 11) is 0. The van der Waals surface area contributed by atoms with Crippen LogP contribution in [-0.2, 0) is 0 Å². The van der Waals surface area contributed by atoms with Crippen LogP contribution in [0.5, 0.6) is 0 Å². The summed E-state index contributed by atoms with van der Waals surface area (Å²) >= 11 is 0. The molecule has 4 unspecified atom stereocenters. The van der Waals surface area contributed by atoms with Crippen molar-refractivity contribution >= 4 is 0 Å². The Balaban J connectivity index is 1.57. The predicted octanol–water partition coefficient (Wildman–Crippen LogP) is 2.01. The van der Waals surface area contributed by atoms with Crippen molar-refractivity contribution in [2.75, 3.05) is 19.6 Å². The Morgan fingerprint density at radius 1 is 1.27 bits per heavy atom. The SMILES string of the molecule is CCC1CCNC(CNCC2CC2C)C1. The minimum absolute atomic E-state index is 0.734. The first kappa shape index (κ1) is 11.4. The van der Waals surface area contributed by atoms with E-state index in [1.807, 2.05) is 0 Å². The maximum atomic E-state index is 3.63. The third-order valence-corrected chi connectivity index (χ3v) is 4.25. The average Bonchev–Trinajstić information content (AvgIpc) is 2.95. The van der Waals surface area contributed by atoms with Crippen molar-refractivity contribution in [2.24, 2.45) is 17.8 Å². The van der Waals surface area contributed by atoms with E-state index in [-0.39, 0.29) is 0 Å². The van der Waals surface area contributed by atoms with Crippen LogP contribution in [0.15, 0.2) is 0 Å². The van der Waals surface area contributed by atoms with E-state index in [2.05, 4.69) is 24.5 Å². The fourth-order valence-electron chi connectivity index (χ4n) is 2.75. The van der Waals surface area contributed by atoms with Gasteiger partial charge in [0.1, 0.15) is 0 Å². The summed E-state index contributed by atoms with van der Waals surface area (Å²) in [6.07, 6.45) is 5.57. The lowest BCUT2D eigenvalue weighted by Crippen LogP contribution is -2.44. The molecule has 0 spiro atoms. The minimum Gasteiger partial charge on any atom is -0.315 e. The first-order valence-electron chi connectivity index (χ1n) is 6.73. The van der Waals surface area contributed by atoms with E-state index in [1.165, 1.54) is 45.3 Å². The maximum absolute atomic E-state index is 3.63. The first-order valence-corrected chi connectivity index (χ1v) is 6.73. The lowest BCUT2D eigenvalue weighted by atomic mass is 9.90. The van der Waals surface area contributed by atoms with Gasteiger partial charge in [-0.3, -0.25) is 0 Å². The van der Waals surface area contributed by atoms with E-state index < -0.39 is 0 Å². The summed E-state index contributed by atoms with van der Waals surface area (Å²) in [6, 6.07) is 0.734. The summed E-state index contributed by atoms with van der Waals surface area (Å²) in [5, 5.41) is 7.26. The molecular formula is C13H26N2. The largest absolute Gasteiger partial charge is 0.315 e. The van der Waals surface area contributed by atoms with Gasteiger partial charge in [-0.1, -0.05) is 20.3 Å². The van der Waals surface area contributed by atoms with Gasteiger partial charge in [-0.05, 0) is 50.1 Å². The summed E-state index contributed by atoms with van der Waals surface area (Å²) in [6.45, 7) is 8.34. The normalized spacial score (nSPS) is 40.4. The molecule has 2 N–H and O–H groups in total. The van der Waals surface area contributed by atoms with Gasteiger partial charge in [0, 0.05) is 12.6 Å². The number of hydrogen-bond donors (Lipinski definition) is 2. The molecule has 2 aliphatic rings. The Morgan fingerprint density at radius 3 is 2.73 bits per heavy atom. The molecule has 1 aliphatic heterocycles. The highest BCUT2D eigenvalue weighted by molar-refractivity contribution is 4.85. The maximum Gasteiger partial charge on any atom is 0.0195 e. The van der Waals surface area contributed by atoms with Crippen molar-refractivity contribution in [1.29, 1.82) is 0 Å². The van der Waals surface area contributed by atoms with E-state index in [0.29, 0.717) is 0 Å². The van der Waals surface area contributed by atoms with Gasteiger partial charge in [-0.15, -0.1) is 0 Å². The Labute approximate surface area is 94.2 Å². The van der Waals surface area contributed by atoms with Crippen molar-refractivity contribution < 1.29 is 0 Å². The topological polar surface area (TPSA) is 24.1 Å². The summed E-state index contributed by atoms with van der Waals surface area (Å²) in [5.41, 5.74) is 0. The quantitative estimate of drug-likeness (QED) is 0.725. The molecule has 0 aromatic carbocycles. The predicted molar refractivity (Wildman–Crippen MR) is 64.9 cm³/mol. The lowest BCUT2D eigenvalue weighted by Gasteiger charge is -2.30. The van der Waals surface area contributed by atoms with Gasteiger partial charge in [0.2, 0.25) is 0 Å². The van der Waals surface area contributed by atoms with Crippen LogP contribution in [0, 0.1) is 17.8 Å². The number of rotatable bonds is 5. The monoisotopic (exact) mass is 210 g/mol. The van der Waals surface area contributed by atoms with Gasteiger partial charge < -0.3 is 10.6 Å². The van der Waals surface area contributed by atoms with Crippen molar-refractivity contribution in [3.8, 4) is 0 Å². The van der Waals surface area contributed by atoms with E-state index in [1.54, 1.807) is 0 Å². The Hall–Kier alpha value is -0.0800. The van der Waals surface area contributed by atoms with Gasteiger partial charge in [0.25, 0.3) is 0 Å². The van der Waals surface area contributed by atoms with Crippen LogP contribution < -0.4 is 10.6 Å². The zero-order valence-electron chi connectivity index (χ0n) is 10.3. The average molecular weight is 210 g/mol. The lowest BCUT2D eigenvalue weighted by molar-refractivity contribution is 0.287. The van der Waals surface area contributed by atoms with Crippen LogP contribution in [0.1, 0.15) is 39.5 Å². The molecule has 4 atom stereocenters. The van der Waals surface area contributed by atoms with E-state index >= 15 is 0 Å². The van der Waals surface area contributed by atoms with Crippen LogP contribution in [-0.4, -0.2) is 25.7 Å². The first-order chi connectivity index (χ1) is 7.29. The number of hydrogen-bond acceptors (Lipinski definition) is 2. The number of nitrogens with one attached hydrogen (secondary N) is 2. The Bertz CT molecular complexity index is 193. The number of piperidine rings is 1. The zero-order valence-corrected chi connectivity index (χ0v) is 10.3. The van der Waals surface area contributed by atoms with Crippen LogP contribution >= 0.6 is 0 Å². The fraction of sp³-hybridized carbons (Fsp3) is 1.00. The smallest absolute Gasteiger partial charge is 0.0195 e. The second kappa shape index (κ2) is 5.31. The Morgan fingerprint density at radius 2 is 2.07 bits per heavy atom. The summed E-state index contributed by atoms with van der Waals surface area (Å²) < 4.78 is 0. The van der Waals surface area contributed by atoms with Crippen LogP contribution in [0.2, 0.25) is 0 Å². The highest BCUT2D eigenvalue weighted by atomic mass is 15.0. The van der Waals surface area contributed by atoms with Gasteiger partial charge in [0.15, 0.2) is 0 Å². The van der Waals surface area contributed by atoms with Crippen molar-refractivity contribution in [1.82, 2.24) is 10.6 Å². The molecule has 0 aromatic heterocycles. The third-order valence-electron chi connectivity index (χ3n) is 4.25. The zero-order chi connectivity index (χ0) is 10.7. The van der Waals surface area contributed by atoms with E-state index in [4.69, 9.17) is 0 Å². The van der Waals surface area contributed by atoms with Crippen molar-refractivity contribution in [2.45, 2.75) is 45.6 Å². The van der Waals surface area contributed by atoms with Crippen molar-refractivity contribution in [3.05, 3.63) is 0 Å². The Kier molecular flexibility index (Phi) is 4.04. The standard InChI is InChI=1S/C13H26N2/c1-3-11-4-5-15-13(7-11)9-14-8-12-6-10(12)2/h10-15H,3-9H2,1-2H3. The fourth-order valence-corrected chi connectivity index (χ4v) is 2.75. The van der Waals surface area contributed by atoms with Gasteiger partial charge in [0.05, 0.1) is 0 Å². The molecule has 0 bridgehead atoms. The van der Waals surface area contributed by atoms with Crippen LogP contribution in [0.3, 0.4) is 0 Å². The summed E-state index contributed by atoms with van der Waals surface area (Å²) in [4.78, 5) is 0. The van der Waals surface area contributed by atoms with Gasteiger partial charge in [-0.2, -0.15) is 0 Å². The highest BCUT2D eigenvalue weighted by Crippen LogP contribution is 2.36. The van der Waals surface area contributed by atoms with Crippen LogP contribution in [0.4, 0.5) is 0 Å². The minimum atomic E-state index is 0.734. The molecule has 1 heterocycles. The second-order valence-corrected chi connectivity index (χ2v) is 5.58. The molecule has 2 nitrogen and oxygen atoms in total. The molecule has 1 aliphatic carbocycles. The molecule has 2 fully saturated rings. The van der Waals surface area contributed by atoms with E-state index in [9.17, 15) is 0 Å². The molecule has 1 saturated carbocycles. The van der Waals surface area contributed by atoms with Crippen molar-refractivity contribution in [3.63, 3.8) is 0 Å². The molecule has 0 radical (unpaired) electrons. The molecule has 0 amide bonds. The highest BCUT2D eigenvalue weighted by Gasteiger charge is 2.31. The molecule has 88 valence electrons. The summed E-state index contributed by atoms with van der Waals surface area (Å²) in [5.74, 6) is 2.94. The molecular weight excluding hydrogens is 184 g/mol. The van der Waals surface area contributed by atoms with Crippen LogP contribution in [0.25, 0.3) is 0 Å². The molecule has 1 saturated heterocycles. The van der Waals surface area contributed by atoms with E-state index in [0.717, 1.165) is 23.8 Å². The molecule has 2 heteroatoms.